The second-order valence-corrected chi connectivity index (χ2v) is 4.56. The molecule has 1 heterocycles. The molecule has 5 heteroatoms. The Hall–Kier alpha value is -1.17. The standard InChI is InChI=1S/C13H21N3O2/c1-3-18-13(9-4-5-9)12(16-14)10-6-11(17-2)8-15-7-10/h6-9,12-13,16H,3-5,14H2,1-2H3. The van der Waals surface area contributed by atoms with Gasteiger partial charge in [-0.3, -0.25) is 16.3 Å². The van der Waals surface area contributed by atoms with Crippen LogP contribution in [0, 0.1) is 5.92 Å². The van der Waals surface area contributed by atoms with Crippen molar-refractivity contribution in [2.75, 3.05) is 13.7 Å². The highest BCUT2D eigenvalue weighted by atomic mass is 16.5. The molecular formula is C13H21N3O2. The van der Waals surface area contributed by atoms with Gasteiger partial charge in [-0.2, -0.15) is 0 Å². The number of aromatic nitrogens is 1. The normalized spacial score (nSPS) is 18.4. The van der Waals surface area contributed by atoms with E-state index in [1.807, 2.05) is 13.0 Å². The van der Waals surface area contributed by atoms with Crippen molar-refractivity contribution in [1.82, 2.24) is 10.4 Å². The van der Waals surface area contributed by atoms with Crippen LogP contribution in [-0.2, 0) is 4.74 Å². The average molecular weight is 251 g/mol. The van der Waals surface area contributed by atoms with Crippen LogP contribution in [0.1, 0.15) is 31.4 Å². The minimum absolute atomic E-state index is 0.0416. The summed E-state index contributed by atoms with van der Waals surface area (Å²) in [7, 11) is 1.63. The van der Waals surface area contributed by atoms with Crippen LogP contribution in [-0.4, -0.2) is 24.8 Å². The first kappa shape index (κ1) is 13.3. The van der Waals surface area contributed by atoms with Crippen molar-refractivity contribution in [2.24, 2.45) is 11.8 Å². The largest absolute Gasteiger partial charge is 0.495 e. The minimum Gasteiger partial charge on any atom is -0.495 e. The number of hydrogen-bond donors (Lipinski definition) is 2. The summed E-state index contributed by atoms with van der Waals surface area (Å²) in [5.41, 5.74) is 3.86. The Kier molecular flexibility index (Phi) is 4.52. The Balaban J connectivity index is 2.19. The lowest BCUT2D eigenvalue weighted by Crippen LogP contribution is -2.39. The fourth-order valence-corrected chi connectivity index (χ4v) is 2.22. The van der Waals surface area contributed by atoms with Gasteiger partial charge in [0, 0.05) is 12.8 Å². The maximum Gasteiger partial charge on any atom is 0.137 e. The van der Waals surface area contributed by atoms with Crippen LogP contribution in [0.25, 0.3) is 0 Å². The molecule has 0 aliphatic heterocycles. The molecule has 0 bridgehead atoms. The number of hydrogen-bond acceptors (Lipinski definition) is 5. The van der Waals surface area contributed by atoms with Gasteiger partial charge in [-0.25, -0.2) is 0 Å². The van der Waals surface area contributed by atoms with Crippen molar-refractivity contribution < 1.29 is 9.47 Å². The molecule has 5 nitrogen and oxygen atoms in total. The third kappa shape index (κ3) is 2.98. The first-order valence-corrected chi connectivity index (χ1v) is 6.36. The summed E-state index contributed by atoms with van der Waals surface area (Å²) in [6, 6.07) is 1.91. The first-order valence-electron chi connectivity index (χ1n) is 6.36. The van der Waals surface area contributed by atoms with Crippen molar-refractivity contribution in [3.63, 3.8) is 0 Å². The predicted molar refractivity (Wildman–Crippen MR) is 69.0 cm³/mol. The Bertz CT molecular complexity index is 382. The Morgan fingerprint density at radius 3 is 2.83 bits per heavy atom. The number of rotatable bonds is 7. The molecular weight excluding hydrogens is 230 g/mol. The summed E-state index contributed by atoms with van der Waals surface area (Å²) in [5, 5.41) is 0. The lowest BCUT2D eigenvalue weighted by Gasteiger charge is -2.26. The molecule has 0 saturated heterocycles. The van der Waals surface area contributed by atoms with Gasteiger partial charge in [-0.05, 0) is 37.3 Å². The third-order valence-electron chi connectivity index (χ3n) is 3.28. The number of nitrogens with two attached hydrogens (primary N) is 1. The van der Waals surface area contributed by atoms with Gasteiger partial charge >= 0.3 is 0 Å². The molecule has 0 amide bonds. The minimum atomic E-state index is -0.0416. The molecule has 2 atom stereocenters. The molecule has 1 fully saturated rings. The zero-order chi connectivity index (χ0) is 13.0. The van der Waals surface area contributed by atoms with Gasteiger partial charge in [-0.1, -0.05) is 0 Å². The average Bonchev–Trinajstić information content (AvgIpc) is 3.23. The first-order chi connectivity index (χ1) is 8.80. The number of nitrogens with zero attached hydrogens (tertiary/aromatic N) is 1. The molecule has 2 unspecified atom stereocenters. The highest BCUT2D eigenvalue weighted by Gasteiger charge is 2.37. The van der Waals surface area contributed by atoms with E-state index < -0.39 is 0 Å². The maximum absolute atomic E-state index is 5.84. The molecule has 0 spiro atoms. The van der Waals surface area contributed by atoms with E-state index >= 15 is 0 Å². The van der Waals surface area contributed by atoms with Crippen LogP contribution in [0.3, 0.4) is 0 Å². The summed E-state index contributed by atoms with van der Waals surface area (Å²) in [4.78, 5) is 4.17. The van der Waals surface area contributed by atoms with Gasteiger partial charge in [-0.15, -0.1) is 0 Å². The molecule has 0 aromatic carbocycles. The highest BCUT2D eigenvalue weighted by molar-refractivity contribution is 5.27. The van der Waals surface area contributed by atoms with E-state index in [-0.39, 0.29) is 12.1 Å². The van der Waals surface area contributed by atoms with Crippen LogP contribution >= 0.6 is 0 Å². The van der Waals surface area contributed by atoms with Crippen molar-refractivity contribution in [3.8, 4) is 5.75 Å². The smallest absolute Gasteiger partial charge is 0.137 e. The van der Waals surface area contributed by atoms with Crippen LogP contribution in [0.4, 0.5) is 0 Å². The Labute approximate surface area is 108 Å². The van der Waals surface area contributed by atoms with Crippen LogP contribution in [0.2, 0.25) is 0 Å². The molecule has 0 radical (unpaired) electrons. The van der Waals surface area contributed by atoms with Gasteiger partial charge in [0.25, 0.3) is 0 Å². The monoisotopic (exact) mass is 251 g/mol. The van der Waals surface area contributed by atoms with Crippen LogP contribution < -0.4 is 16.0 Å². The molecule has 100 valence electrons. The number of pyridine rings is 1. The zero-order valence-electron chi connectivity index (χ0n) is 10.9. The fourth-order valence-electron chi connectivity index (χ4n) is 2.22. The predicted octanol–water partition coefficient (Wildman–Crippen LogP) is 1.41. The maximum atomic E-state index is 5.84. The number of hydrazine groups is 1. The van der Waals surface area contributed by atoms with E-state index in [1.165, 1.54) is 12.8 Å². The highest BCUT2D eigenvalue weighted by Crippen LogP contribution is 2.40. The van der Waals surface area contributed by atoms with Crippen molar-refractivity contribution in [2.45, 2.75) is 31.9 Å². The van der Waals surface area contributed by atoms with Crippen molar-refractivity contribution in [1.29, 1.82) is 0 Å². The van der Waals surface area contributed by atoms with E-state index in [0.29, 0.717) is 12.5 Å². The Morgan fingerprint density at radius 2 is 2.28 bits per heavy atom. The number of nitrogens with one attached hydrogen (secondary N) is 1. The van der Waals surface area contributed by atoms with Crippen molar-refractivity contribution >= 4 is 0 Å². The van der Waals surface area contributed by atoms with Gasteiger partial charge in [0.2, 0.25) is 0 Å². The Morgan fingerprint density at radius 1 is 1.50 bits per heavy atom. The van der Waals surface area contributed by atoms with Crippen LogP contribution in [0.5, 0.6) is 5.75 Å². The quantitative estimate of drug-likeness (QED) is 0.566. The molecule has 18 heavy (non-hydrogen) atoms. The van der Waals surface area contributed by atoms with Crippen molar-refractivity contribution in [3.05, 3.63) is 24.0 Å². The second kappa shape index (κ2) is 6.13. The van der Waals surface area contributed by atoms with E-state index in [0.717, 1.165) is 11.3 Å². The summed E-state index contributed by atoms with van der Waals surface area (Å²) < 4.78 is 11.0. The molecule has 1 saturated carbocycles. The summed E-state index contributed by atoms with van der Waals surface area (Å²) in [5.74, 6) is 7.02. The van der Waals surface area contributed by atoms with Gasteiger partial charge in [0.1, 0.15) is 5.75 Å². The van der Waals surface area contributed by atoms with E-state index in [9.17, 15) is 0 Å². The summed E-state index contributed by atoms with van der Waals surface area (Å²) in [6.07, 6.45) is 6.01. The molecule has 3 N–H and O–H groups in total. The fraction of sp³-hybridized carbons (Fsp3) is 0.615. The van der Waals surface area contributed by atoms with E-state index in [1.54, 1.807) is 19.5 Å². The van der Waals surface area contributed by atoms with Gasteiger partial charge in [0.05, 0.1) is 25.5 Å². The molecule has 2 rings (SSSR count). The topological polar surface area (TPSA) is 69.4 Å². The van der Waals surface area contributed by atoms with Crippen LogP contribution in [0.15, 0.2) is 18.5 Å². The summed E-state index contributed by atoms with van der Waals surface area (Å²) >= 11 is 0. The van der Waals surface area contributed by atoms with E-state index in [2.05, 4.69) is 10.4 Å². The summed E-state index contributed by atoms with van der Waals surface area (Å²) in [6.45, 7) is 2.70. The lowest BCUT2D eigenvalue weighted by molar-refractivity contribution is 0.0184. The number of methoxy groups -OCH3 is 1. The molecule has 1 aromatic heterocycles. The molecule has 1 aliphatic carbocycles. The molecule has 1 aliphatic rings. The van der Waals surface area contributed by atoms with Gasteiger partial charge in [0.15, 0.2) is 0 Å². The molecule has 1 aromatic rings. The lowest BCUT2D eigenvalue weighted by atomic mass is 10.00. The SMILES string of the molecule is CCOC(C1CC1)C(NN)c1cncc(OC)c1. The van der Waals surface area contributed by atoms with Gasteiger partial charge < -0.3 is 9.47 Å². The third-order valence-corrected chi connectivity index (χ3v) is 3.28. The number of ether oxygens (including phenoxy) is 2. The zero-order valence-corrected chi connectivity index (χ0v) is 10.9. The van der Waals surface area contributed by atoms with E-state index in [4.69, 9.17) is 15.3 Å². The second-order valence-electron chi connectivity index (χ2n) is 4.56.